The monoisotopic (exact) mass is 706 g/mol. The lowest BCUT2D eigenvalue weighted by Gasteiger charge is -2.39. The Bertz CT molecular complexity index is 1090. The lowest BCUT2D eigenvalue weighted by Crippen LogP contribution is -2.57. The van der Waals surface area contributed by atoms with Crippen LogP contribution in [0.4, 0.5) is 0 Å². The Morgan fingerprint density at radius 3 is 1.69 bits per heavy atom. The van der Waals surface area contributed by atoms with Gasteiger partial charge >= 0.3 is 0 Å². The first-order chi connectivity index (χ1) is 23.3. The molecule has 0 aromatic heterocycles. The minimum absolute atomic E-state index is 0.0198. The van der Waals surface area contributed by atoms with Gasteiger partial charge in [-0.15, -0.1) is 0 Å². The molecule has 4 amide bonds. The van der Waals surface area contributed by atoms with Crippen LogP contribution in [0.15, 0.2) is 0 Å². The van der Waals surface area contributed by atoms with Gasteiger partial charge in [0.15, 0.2) is 12.6 Å². The van der Waals surface area contributed by atoms with Crippen LogP contribution in [0, 0.1) is 11.8 Å². The summed E-state index contributed by atoms with van der Waals surface area (Å²) in [4.78, 5) is 53.0. The van der Waals surface area contributed by atoms with Gasteiger partial charge in [0.05, 0.1) is 37.3 Å². The van der Waals surface area contributed by atoms with E-state index in [2.05, 4.69) is 16.0 Å². The van der Waals surface area contributed by atoms with E-state index in [-0.39, 0.29) is 64.0 Å². The fraction of sp³-hybridized carbons (Fsp3) is 0.871. The van der Waals surface area contributed by atoms with E-state index < -0.39 is 85.1 Å². The van der Waals surface area contributed by atoms with E-state index in [1.165, 1.54) is 18.7 Å². The van der Waals surface area contributed by atoms with Crippen molar-refractivity contribution in [1.82, 2.24) is 20.9 Å². The van der Waals surface area contributed by atoms with Crippen LogP contribution in [0.2, 0.25) is 0 Å². The minimum Gasteiger partial charge on any atom is -0.388 e. The SMILES string of the molecule is CCNC(=O)CCCCC(=O)N1CC[C@@H](C(=O)NCCO[C@@H]2O[C@@H](C)[C@@H](O)[C@@H](O)[C@@H]2O)[C@@H](C(=O)NCCO[C@@H]2O[C@@H](C)[C@@H](O)[C@@H](O)[C@@H]2O)C1. The molecule has 0 radical (unpaired) electrons. The van der Waals surface area contributed by atoms with Gasteiger partial charge < -0.3 is 70.4 Å². The minimum atomic E-state index is -1.51. The Labute approximate surface area is 285 Å². The second kappa shape index (κ2) is 19.8. The third-order valence-electron chi connectivity index (χ3n) is 9.04. The van der Waals surface area contributed by atoms with Gasteiger partial charge in [0.25, 0.3) is 0 Å². The van der Waals surface area contributed by atoms with Gasteiger partial charge in [-0.1, -0.05) is 0 Å². The van der Waals surface area contributed by atoms with E-state index in [0.717, 1.165) is 0 Å². The predicted molar refractivity (Wildman–Crippen MR) is 168 cm³/mol. The molecule has 9 N–H and O–H groups in total. The molecular weight excluding hydrogens is 652 g/mol. The normalized spacial score (nSPS) is 35.0. The number of amides is 4. The number of ether oxygens (including phenoxy) is 4. The van der Waals surface area contributed by atoms with Gasteiger partial charge in [0.2, 0.25) is 23.6 Å². The zero-order valence-corrected chi connectivity index (χ0v) is 28.3. The Kier molecular flexibility index (Phi) is 16.5. The molecule has 0 bridgehead atoms. The number of nitrogens with zero attached hydrogens (tertiary/aromatic N) is 1. The molecule has 3 rings (SSSR count). The van der Waals surface area contributed by atoms with Crippen molar-refractivity contribution in [2.75, 3.05) is 45.9 Å². The number of piperidine rings is 1. The number of rotatable bonds is 16. The van der Waals surface area contributed by atoms with Crippen molar-refractivity contribution in [3.05, 3.63) is 0 Å². The third-order valence-corrected chi connectivity index (χ3v) is 9.04. The second-order valence-corrected chi connectivity index (χ2v) is 12.7. The van der Waals surface area contributed by atoms with E-state index in [4.69, 9.17) is 18.9 Å². The Morgan fingerprint density at radius 2 is 1.18 bits per heavy atom. The number of carbonyl (C=O) groups excluding carboxylic acids is 4. The van der Waals surface area contributed by atoms with Crippen molar-refractivity contribution in [3.8, 4) is 0 Å². The Balaban J connectivity index is 1.54. The van der Waals surface area contributed by atoms with Gasteiger partial charge in [-0.2, -0.15) is 0 Å². The van der Waals surface area contributed by atoms with E-state index in [1.807, 2.05) is 6.92 Å². The van der Waals surface area contributed by atoms with E-state index >= 15 is 0 Å². The van der Waals surface area contributed by atoms with Crippen molar-refractivity contribution in [2.24, 2.45) is 11.8 Å². The number of aliphatic hydroxyl groups excluding tert-OH is 6. The Hall–Kier alpha value is -2.52. The van der Waals surface area contributed by atoms with Crippen LogP contribution in [0.5, 0.6) is 0 Å². The number of unbranched alkanes of at least 4 members (excludes halogenated alkanes) is 1. The van der Waals surface area contributed by atoms with Crippen molar-refractivity contribution in [3.63, 3.8) is 0 Å². The van der Waals surface area contributed by atoms with Gasteiger partial charge in [0.1, 0.15) is 36.6 Å². The molecule has 0 unspecified atom stereocenters. The van der Waals surface area contributed by atoms with E-state index in [0.29, 0.717) is 25.8 Å². The standard InChI is InChI=1S/C31H54N4O14/c1-4-32-20(36)7-5-6-8-21(37)35-12-9-18(28(44)33-10-13-46-30-26(42)24(40)22(38)16(2)48-30)19(15-35)29(45)34-11-14-47-31-27(43)25(41)23(39)17(3)49-31/h16-19,22-27,30-31,38-43H,4-15H2,1-3H3,(H,32,36)(H,33,44)(H,34,45)/t16-,17-,18+,19-,22+,23+,24+,25+,26-,27-,30+,31+/m0/s1. The zero-order chi connectivity index (χ0) is 36.2. The molecule has 0 aromatic carbocycles. The highest BCUT2D eigenvalue weighted by molar-refractivity contribution is 5.89. The molecule has 18 nitrogen and oxygen atoms in total. The van der Waals surface area contributed by atoms with Crippen LogP contribution in [0.1, 0.15) is 52.9 Å². The first-order valence-electron chi connectivity index (χ1n) is 17.0. The maximum atomic E-state index is 13.4. The fourth-order valence-corrected chi connectivity index (χ4v) is 6.03. The molecule has 3 heterocycles. The number of hydrogen-bond acceptors (Lipinski definition) is 14. The van der Waals surface area contributed by atoms with Gasteiger partial charge in [-0.25, -0.2) is 0 Å². The number of carbonyl (C=O) groups is 4. The summed E-state index contributed by atoms with van der Waals surface area (Å²) in [5.74, 6) is -2.99. The third kappa shape index (κ3) is 11.5. The van der Waals surface area contributed by atoms with E-state index in [1.54, 1.807) is 0 Å². The van der Waals surface area contributed by atoms with Crippen molar-refractivity contribution < 1.29 is 68.8 Å². The lowest BCUT2D eigenvalue weighted by atomic mass is 9.83. The smallest absolute Gasteiger partial charge is 0.225 e. The molecular formula is C31H54N4O14. The summed E-state index contributed by atoms with van der Waals surface area (Å²) in [6, 6.07) is 0. The first kappa shape index (κ1) is 40.9. The predicted octanol–water partition coefficient (Wildman–Crippen LogP) is -3.93. The van der Waals surface area contributed by atoms with Crippen molar-refractivity contribution in [1.29, 1.82) is 0 Å². The molecule has 12 atom stereocenters. The first-order valence-corrected chi connectivity index (χ1v) is 17.0. The number of nitrogens with one attached hydrogen (secondary N) is 3. The summed E-state index contributed by atoms with van der Waals surface area (Å²) < 4.78 is 21.7. The van der Waals surface area contributed by atoms with Crippen molar-refractivity contribution >= 4 is 23.6 Å². The van der Waals surface area contributed by atoms with Crippen molar-refractivity contribution in [2.45, 2.75) is 114 Å². The number of likely N-dealkylation sites (tertiary alicyclic amines) is 1. The number of hydrogen-bond donors (Lipinski definition) is 9. The quantitative estimate of drug-likeness (QED) is 0.0695. The topological polar surface area (TPSA) is 266 Å². The molecule has 3 aliphatic rings. The summed E-state index contributed by atoms with van der Waals surface area (Å²) in [5, 5.41) is 68.1. The highest BCUT2D eigenvalue weighted by Gasteiger charge is 2.44. The van der Waals surface area contributed by atoms with E-state index in [9.17, 15) is 49.8 Å². The molecule has 0 aromatic rings. The van der Waals surface area contributed by atoms with Gasteiger partial charge in [-0.05, 0) is 40.0 Å². The summed E-state index contributed by atoms with van der Waals surface area (Å²) in [6.45, 7) is 5.28. The van der Waals surface area contributed by atoms with Gasteiger partial charge in [-0.3, -0.25) is 19.2 Å². The summed E-state index contributed by atoms with van der Waals surface area (Å²) in [7, 11) is 0. The molecule has 0 spiro atoms. The second-order valence-electron chi connectivity index (χ2n) is 12.7. The molecule has 0 saturated carbocycles. The van der Waals surface area contributed by atoms with Crippen LogP contribution in [-0.4, -0.2) is 167 Å². The van der Waals surface area contributed by atoms with Crippen LogP contribution in [0.25, 0.3) is 0 Å². The van der Waals surface area contributed by atoms with Gasteiger partial charge in [0, 0.05) is 45.6 Å². The Morgan fingerprint density at radius 1 is 0.694 bits per heavy atom. The van der Waals surface area contributed by atoms with Crippen LogP contribution < -0.4 is 16.0 Å². The molecule has 282 valence electrons. The summed E-state index contributed by atoms with van der Waals surface area (Å²) in [5.41, 5.74) is 0. The van der Waals surface area contributed by atoms with Crippen LogP contribution in [-0.2, 0) is 38.1 Å². The molecule has 3 saturated heterocycles. The fourth-order valence-electron chi connectivity index (χ4n) is 6.03. The molecule has 49 heavy (non-hydrogen) atoms. The highest BCUT2D eigenvalue weighted by Crippen LogP contribution is 2.26. The average molecular weight is 707 g/mol. The van der Waals surface area contributed by atoms with Crippen LogP contribution >= 0.6 is 0 Å². The number of aliphatic hydroxyl groups is 6. The molecule has 3 fully saturated rings. The summed E-state index contributed by atoms with van der Waals surface area (Å²) >= 11 is 0. The maximum Gasteiger partial charge on any atom is 0.225 e. The zero-order valence-electron chi connectivity index (χ0n) is 28.3. The lowest BCUT2D eigenvalue weighted by molar-refractivity contribution is -0.292. The largest absolute Gasteiger partial charge is 0.388 e. The summed E-state index contributed by atoms with van der Waals surface area (Å²) in [6.07, 6.45) is -10.9. The average Bonchev–Trinajstić information content (AvgIpc) is 3.08. The maximum absolute atomic E-state index is 13.4. The van der Waals surface area contributed by atoms with Crippen LogP contribution in [0.3, 0.4) is 0 Å². The molecule has 18 heteroatoms. The molecule has 3 aliphatic heterocycles. The highest BCUT2D eigenvalue weighted by atomic mass is 16.7. The molecule has 0 aliphatic carbocycles.